The van der Waals surface area contributed by atoms with E-state index in [1.54, 1.807) is 37.2 Å². The summed E-state index contributed by atoms with van der Waals surface area (Å²) < 4.78 is 11.3. The van der Waals surface area contributed by atoms with Crippen LogP contribution in [0.1, 0.15) is 15.9 Å². The normalized spacial score (nSPS) is 10.4. The van der Waals surface area contributed by atoms with Crippen molar-refractivity contribution in [2.75, 3.05) is 19.1 Å². The van der Waals surface area contributed by atoms with E-state index in [-0.39, 0.29) is 11.7 Å². The Morgan fingerprint density at radius 1 is 1.14 bits per heavy atom. The lowest BCUT2D eigenvalue weighted by atomic mass is 10.2. The summed E-state index contributed by atoms with van der Waals surface area (Å²) in [6.07, 6.45) is 3.55. The number of methoxy groups -OCH3 is 1. The van der Waals surface area contributed by atoms with Crippen molar-refractivity contribution >= 4 is 23.5 Å². The van der Waals surface area contributed by atoms with Gasteiger partial charge in [-0.05, 0) is 48.2 Å². The van der Waals surface area contributed by atoms with Crippen LogP contribution >= 0.6 is 11.8 Å². The number of anilines is 1. The lowest BCUT2D eigenvalue weighted by molar-refractivity contribution is 0.0951. The summed E-state index contributed by atoms with van der Waals surface area (Å²) >= 11 is 1.62. The fourth-order valence-corrected chi connectivity index (χ4v) is 3.13. The van der Waals surface area contributed by atoms with Crippen molar-refractivity contribution in [3.05, 3.63) is 71.9 Å². The minimum Gasteiger partial charge on any atom is -0.495 e. The maximum atomic E-state index is 12.2. The molecule has 3 N–H and O–H groups in total. The van der Waals surface area contributed by atoms with Gasteiger partial charge < -0.3 is 20.5 Å². The largest absolute Gasteiger partial charge is 0.495 e. The van der Waals surface area contributed by atoms with Crippen LogP contribution in [0.3, 0.4) is 0 Å². The monoisotopic (exact) mass is 395 g/mol. The Kier molecular flexibility index (Phi) is 6.39. The SMILES string of the molecule is COc1cc(Oc2ccc(CNC(=O)c3cccnc3N)cc2)ccc1SC. The van der Waals surface area contributed by atoms with Gasteiger partial charge in [-0.25, -0.2) is 4.98 Å². The number of amides is 1. The van der Waals surface area contributed by atoms with Crippen LogP contribution in [0.15, 0.2) is 65.7 Å². The molecule has 28 heavy (non-hydrogen) atoms. The highest BCUT2D eigenvalue weighted by Gasteiger charge is 2.10. The van der Waals surface area contributed by atoms with Crippen LogP contribution < -0.4 is 20.5 Å². The van der Waals surface area contributed by atoms with Gasteiger partial charge in [-0.15, -0.1) is 11.8 Å². The van der Waals surface area contributed by atoms with Gasteiger partial charge in [0, 0.05) is 23.7 Å². The Labute approximate surface area is 168 Å². The first kappa shape index (κ1) is 19.6. The molecule has 1 aromatic heterocycles. The molecule has 0 saturated heterocycles. The molecule has 3 rings (SSSR count). The minimum absolute atomic E-state index is 0.215. The highest BCUT2D eigenvalue weighted by Crippen LogP contribution is 2.33. The van der Waals surface area contributed by atoms with Gasteiger partial charge in [0.25, 0.3) is 5.91 Å². The molecule has 2 aromatic carbocycles. The summed E-state index contributed by atoms with van der Waals surface area (Å²) in [4.78, 5) is 17.2. The van der Waals surface area contributed by atoms with E-state index >= 15 is 0 Å². The lowest BCUT2D eigenvalue weighted by Gasteiger charge is -2.11. The molecule has 6 nitrogen and oxygen atoms in total. The zero-order chi connectivity index (χ0) is 19.9. The molecule has 0 fully saturated rings. The number of thioether (sulfide) groups is 1. The van der Waals surface area contributed by atoms with Crippen molar-refractivity contribution in [1.82, 2.24) is 10.3 Å². The van der Waals surface area contributed by atoms with Gasteiger partial charge in [0.05, 0.1) is 12.7 Å². The summed E-state index contributed by atoms with van der Waals surface area (Å²) in [5.41, 5.74) is 7.03. The third kappa shape index (κ3) is 4.75. The summed E-state index contributed by atoms with van der Waals surface area (Å²) in [7, 11) is 1.64. The number of carbonyl (C=O) groups is 1. The number of aromatic nitrogens is 1. The Hall–Kier alpha value is -3.19. The van der Waals surface area contributed by atoms with Gasteiger partial charge in [0.1, 0.15) is 23.1 Å². The van der Waals surface area contributed by atoms with Crippen molar-refractivity contribution in [3.8, 4) is 17.2 Å². The summed E-state index contributed by atoms with van der Waals surface area (Å²) in [6, 6.07) is 16.6. The van der Waals surface area contributed by atoms with Crippen molar-refractivity contribution in [3.63, 3.8) is 0 Å². The van der Waals surface area contributed by atoms with Crippen LogP contribution in [0.5, 0.6) is 17.2 Å². The molecular formula is C21H21N3O3S. The lowest BCUT2D eigenvalue weighted by Crippen LogP contribution is -2.24. The van der Waals surface area contributed by atoms with Crippen LogP contribution in [-0.4, -0.2) is 24.3 Å². The Bertz CT molecular complexity index is 961. The molecule has 144 valence electrons. The van der Waals surface area contributed by atoms with E-state index in [0.29, 0.717) is 23.6 Å². The maximum Gasteiger partial charge on any atom is 0.255 e. The fourth-order valence-electron chi connectivity index (χ4n) is 2.58. The van der Waals surface area contributed by atoms with Crippen molar-refractivity contribution in [1.29, 1.82) is 0 Å². The van der Waals surface area contributed by atoms with Crippen LogP contribution in [0, 0.1) is 0 Å². The first-order valence-electron chi connectivity index (χ1n) is 8.58. The molecule has 0 unspecified atom stereocenters. The van der Waals surface area contributed by atoms with Crippen molar-refractivity contribution in [2.24, 2.45) is 0 Å². The smallest absolute Gasteiger partial charge is 0.255 e. The minimum atomic E-state index is -0.257. The number of hydrogen-bond acceptors (Lipinski definition) is 6. The van der Waals surface area contributed by atoms with Crippen molar-refractivity contribution in [2.45, 2.75) is 11.4 Å². The number of pyridine rings is 1. The third-order valence-electron chi connectivity index (χ3n) is 4.05. The summed E-state index contributed by atoms with van der Waals surface area (Å²) in [6.45, 7) is 0.379. The fraction of sp³-hybridized carbons (Fsp3) is 0.143. The average Bonchev–Trinajstić information content (AvgIpc) is 2.73. The number of rotatable bonds is 7. The van der Waals surface area contributed by atoms with Crippen LogP contribution in [0.2, 0.25) is 0 Å². The van der Waals surface area contributed by atoms with E-state index in [0.717, 1.165) is 16.2 Å². The second kappa shape index (κ2) is 9.14. The van der Waals surface area contributed by atoms with Crippen LogP contribution in [0.25, 0.3) is 0 Å². The molecule has 1 amide bonds. The molecule has 7 heteroatoms. The highest BCUT2D eigenvalue weighted by molar-refractivity contribution is 7.98. The number of nitrogen functional groups attached to an aromatic ring is 1. The van der Waals surface area contributed by atoms with E-state index < -0.39 is 0 Å². The number of benzene rings is 2. The molecule has 1 heterocycles. The van der Waals surface area contributed by atoms with Crippen LogP contribution in [-0.2, 0) is 6.54 Å². The number of carbonyl (C=O) groups excluding carboxylic acids is 1. The topological polar surface area (TPSA) is 86.5 Å². The Morgan fingerprint density at radius 3 is 2.57 bits per heavy atom. The summed E-state index contributed by atoms with van der Waals surface area (Å²) in [5.74, 6) is 2.13. The first-order chi connectivity index (χ1) is 13.6. The number of nitrogens with zero attached hydrogens (tertiary/aromatic N) is 1. The number of hydrogen-bond donors (Lipinski definition) is 2. The number of ether oxygens (including phenoxy) is 2. The van der Waals surface area contributed by atoms with Crippen molar-refractivity contribution < 1.29 is 14.3 Å². The molecule has 0 aliphatic heterocycles. The van der Waals surface area contributed by atoms with Crippen LogP contribution in [0.4, 0.5) is 5.82 Å². The predicted octanol–water partition coefficient (Wildman–Crippen LogP) is 4.12. The quantitative estimate of drug-likeness (QED) is 0.585. The molecule has 0 aliphatic rings. The molecule has 0 aliphatic carbocycles. The zero-order valence-corrected chi connectivity index (χ0v) is 16.5. The maximum absolute atomic E-state index is 12.2. The van der Waals surface area contributed by atoms with Gasteiger partial charge in [-0.3, -0.25) is 4.79 Å². The van der Waals surface area contributed by atoms with E-state index in [1.165, 1.54) is 0 Å². The Balaban J connectivity index is 1.61. The predicted molar refractivity (Wildman–Crippen MR) is 111 cm³/mol. The van der Waals surface area contributed by atoms with E-state index in [2.05, 4.69) is 10.3 Å². The van der Waals surface area contributed by atoms with E-state index in [4.69, 9.17) is 15.2 Å². The first-order valence-corrected chi connectivity index (χ1v) is 9.80. The molecule has 0 saturated carbocycles. The molecule has 0 radical (unpaired) electrons. The molecule has 0 spiro atoms. The standard InChI is InChI=1S/C21H21N3O3S/c1-26-18-12-16(9-10-19(18)28-2)27-15-7-5-14(6-8-15)13-24-21(25)17-4-3-11-23-20(17)22/h3-12H,13H2,1-2H3,(H2,22,23)(H,24,25). The molecule has 0 atom stereocenters. The van der Waals surface area contributed by atoms with Gasteiger partial charge in [0.2, 0.25) is 0 Å². The zero-order valence-electron chi connectivity index (χ0n) is 15.6. The highest BCUT2D eigenvalue weighted by atomic mass is 32.2. The van der Waals surface area contributed by atoms with Gasteiger partial charge >= 0.3 is 0 Å². The second-order valence-electron chi connectivity index (χ2n) is 5.88. The Morgan fingerprint density at radius 2 is 1.89 bits per heavy atom. The second-order valence-corrected chi connectivity index (χ2v) is 6.73. The van der Waals surface area contributed by atoms with E-state index in [9.17, 15) is 4.79 Å². The third-order valence-corrected chi connectivity index (χ3v) is 4.83. The van der Waals surface area contributed by atoms with Gasteiger partial charge in [0.15, 0.2) is 0 Å². The van der Waals surface area contributed by atoms with Gasteiger partial charge in [-0.1, -0.05) is 12.1 Å². The van der Waals surface area contributed by atoms with Gasteiger partial charge in [-0.2, -0.15) is 0 Å². The number of nitrogens with one attached hydrogen (secondary N) is 1. The van der Waals surface area contributed by atoms with E-state index in [1.807, 2.05) is 48.7 Å². The molecule has 0 bridgehead atoms. The average molecular weight is 395 g/mol. The summed E-state index contributed by atoms with van der Waals surface area (Å²) in [5, 5.41) is 2.83. The number of nitrogens with two attached hydrogens (primary N) is 1. The molecular weight excluding hydrogens is 374 g/mol. The molecule has 3 aromatic rings.